The van der Waals surface area contributed by atoms with Crippen LogP contribution in [0.1, 0.15) is 11.4 Å². The zero-order valence-electron chi connectivity index (χ0n) is 8.44. The molecule has 1 heterocycles. The number of anilines is 1. The van der Waals surface area contributed by atoms with E-state index in [1.165, 1.54) is 0 Å². The molecule has 2 rings (SSSR count). The SMILES string of the molecule is Cc1nccn1Cc1ccc(Cl)cc1N. The minimum Gasteiger partial charge on any atom is -0.398 e. The molecule has 1 aromatic heterocycles. The van der Waals surface area contributed by atoms with E-state index in [4.69, 9.17) is 17.3 Å². The molecular weight excluding hydrogens is 210 g/mol. The molecule has 0 spiro atoms. The molecule has 78 valence electrons. The largest absolute Gasteiger partial charge is 0.398 e. The first kappa shape index (κ1) is 10.1. The normalized spacial score (nSPS) is 10.5. The highest BCUT2D eigenvalue weighted by molar-refractivity contribution is 6.30. The average Bonchev–Trinajstić information content (AvgIpc) is 2.57. The van der Waals surface area contributed by atoms with E-state index in [9.17, 15) is 0 Å². The molecule has 4 heteroatoms. The van der Waals surface area contributed by atoms with Crippen molar-refractivity contribution in [1.82, 2.24) is 9.55 Å². The van der Waals surface area contributed by atoms with E-state index >= 15 is 0 Å². The fourth-order valence-electron chi connectivity index (χ4n) is 1.46. The van der Waals surface area contributed by atoms with Crippen LogP contribution < -0.4 is 5.73 Å². The zero-order chi connectivity index (χ0) is 10.8. The lowest BCUT2D eigenvalue weighted by Crippen LogP contribution is -2.03. The van der Waals surface area contributed by atoms with E-state index in [2.05, 4.69) is 4.98 Å². The van der Waals surface area contributed by atoms with Crippen LogP contribution in [0.3, 0.4) is 0 Å². The van der Waals surface area contributed by atoms with Gasteiger partial charge < -0.3 is 10.3 Å². The molecule has 0 radical (unpaired) electrons. The molecule has 0 bridgehead atoms. The van der Waals surface area contributed by atoms with Gasteiger partial charge in [-0.2, -0.15) is 0 Å². The van der Waals surface area contributed by atoms with Gasteiger partial charge in [-0.3, -0.25) is 0 Å². The van der Waals surface area contributed by atoms with Gasteiger partial charge in [0, 0.05) is 23.1 Å². The van der Waals surface area contributed by atoms with E-state index in [0.29, 0.717) is 5.02 Å². The average molecular weight is 222 g/mol. The van der Waals surface area contributed by atoms with Crippen LogP contribution in [0.5, 0.6) is 0 Å². The van der Waals surface area contributed by atoms with Gasteiger partial charge in [0.15, 0.2) is 0 Å². The van der Waals surface area contributed by atoms with Gasteiger partial charge in [-0.25, -0.2) is 4.98 Å². The summed E-state index contributed by atoms with van der Waals surface area (Å²) in [6.45, 7) is 2.70. The summed E-state index contributed by atoms with van der Waals surface area (Å²) in [6, 6.07) is 5.56. The molecule has 0 atom stereocenters. The van der Waals surface area contributed by atoms with Gasteiger partial charge in [0.25, 0.3) is 0 Å². The number of nitrogens with two attached hydrogens (primary N) is 1. The van der Waals surface area contributed by atoms with Crippen LogP contribution in [-0.4, -0.2) is 9.55 Å². The van der Waals surface area contributed by atoms with E-state index in [0.717, 1.165) is 23.6 Å². The Labute approximate surface area is 93.5 Å². The number of aromatic nitrogens is 2. The molecule has 0 aliphatic carbocycles. The van der Waals surface area contributed by atoms with Crippen LogP contribution in [0.4, 0.5) is 5.69 Å². The Morgan fingerprint density at radius 1 is 1.47 bits per heavy atom. The summed E-state index contributed by atoms with van der Waals surface area (Å²) >= 11 is 5.83. The van der Waals surface area contributed by atoms with Crippen molar-refractivity contribution in [3.8, 4) is 0 Å². The third kappa shape index (κ3) is 2.13. The Hall–Kier alpha value is -1.48. The first-order valence-electron chi connectivity index (χ1n) is 4.68. The standard InChI is InChI=1S/C11H12ClN3/c1-8-14-4-5-15(8)7-9-2-3-10(12)6-11(9)13/h2-6H,7,13H2,1H3. The Morgan fingerprint density at radius 3 is 2.87 bits per heavy atom. The van der Waals surface area contributed by atoms with Crippen molar-refractivity contribution in [2.75, 3.05) is 5.73 Å². The van der Waals surface area contributed by atoms with Gasteiger partial charge in [-0.15, -0.1) is 0 Å². The Kier molecular flexibility index (Phi) is 2.64. The number of halogens is 1. The summed E-state index contributed by atoms with van der Waals surface area (Å²) in [5.74, 6) is 0.976. The maximum Gasteiger partial charge on any atom is 0.105 e. The van der Waals surface area contributed by atoms with Crippen molar-refractivity contribution >= 4 is 17.3 Å². The van der Waals surface area contributed by atoms with Gasteiger partial charge in [-0.1, -0.05) is 17.7 Å². The van der Waals surface area contributed by atoms with Gasteiger partial charge in [0.1, 0.15) is 5.82 Å². The maximum absolute atomic E-state index is 5.87. The first-order valence-corrected chi connectivity index (χ1v) is 5.06. The number of hydrogen-bond acceptors (Lipinski definition) is 2. The molecule has 3 nitrogen and oxygen atoms in total. The van der Waals surface area contributed by atoms with Crippen LogP contribution >= 0.6 is 11.6 Å². The molecule has 15 heavy (non-hydrogen) atoms. The molecule has 2 aromatic rings. The topological polar surface area (TPSA) is 43.8 Å². The van der Waals surface area contributed by atoms with Gasteiger partial charge in [0.2, 0.25) is 0 Å². The maximum atomic E-state index is 5.87. The summed E-state index contributed by atoms with van der Waals surface area (Å²) < 4.78 is 2.04. The highest BCUT2D eigenvalue weighted by atomic mass is 35.5. The third-order valence-corrected chi connectivity index (χ3v) is 2.61. The van der Waals surface area contributed by atoms with Gasteiger partial charge >= 0.3 is 0 Å². The van der Waals surface area contributed by atoms with Crippen LogP contribution in [0, 0.1) is 6.92 Å². The number of nitrogens with zero attached hydrogens (tertiary/aromatic N) is 2. The summed E-state index contributed by atoms with van der Waals surface area (Å²) in [7, 11) is 0. The number of nitrogen functional groups attached to an aromatic ring is 1. The van der Waals surface area contributed by atoms with Crippen molar-refractivity contribution < 1.29 is 0 Å². The second-order valence-electron chi connectivity index (χ2n) is 3.45. The Balaban J connectivity index is 2.29. The fraction of sp³-hybridized carbons (Fsp3) is 0.182. The number of aryl methyl sites for hydroxylation is 1. The minimum absolute atomic E-state index is 0.665. The Bertz CT molecular complexity index is 476. The van der Waals surface area contributed by atoms with Crippen molar-refractivity contribution in [3.63, 3.8) is 0 Å². The Morgan fingerprint density at radius 2 is 2.27 bits per heavy atom. The second kappa shape index (κ2) is 3.95. The predicted octanol–water partition coefficient (Wildman–Crippen LogP) is 2.48. The summed E-state index contributed by atoms with van der Waals surface area (Å²) in [6.07, 6.45) is 3.71. The van der Waals surface area contributed by atoms with Gasteiger partial charge in [-0.05, 0) is 24.6 Å². The number of benzene rings is 1. The molecule has 0 aliphatic rings. The predicted molar refractivity (Wildman–Crippen MR) is 61.9 cm³/mol. The zero-order valence-corrected chi connectivity index (χ0v) is 9.20. The molecule has 2 N–H and O–H groups in total. The van der Waals surface area contributed by atoms with E-state index in [1.54, 1.807) is 12.3 Å². The summed E-state index contributed by atoms with van der Waals surface area (Å²) in [4.78, 5) is 4.16. The first-order chi connectivity index (χ1) is 7.16. The third-order valence-electron chi connectivity index (χ3n) is 2.37. The fourth-order valence-corrected chi connectivity index (χ4v) is 1.64. The number of rotatable bonds is 2. The van der Waals surface area contributed by atoms with Crippen molar-refractivity contribution in [1.29, 1.82) is 0 Å². The van der Waals surface area contributed by atoms with Crippen LogP contribution in [0.2, 0.25) is 5.02 Å². The van der Waals surface area contributed by atoms with Crippen LogP contribution in [-0.2, 0) is 6.54 Å². The van der Waals surface area contributed by atoms with Crippen LogP contribution in [0.15, 0.2) is 30.6 Å². The molecule has 1 aromatic carbocycles. The second-order valence-corrected chi connectivity index (χ2v) is 3.88. The lowest BCUT2D eigenvalue weighted by atomic mass is 10.2. The summed E-state index contributed by atoms with van der Waals surface area (Å²) in [5.41, 5.74) is 7.64. The van der Waals surface area contributed by atoms with Crippen LogP contribution in [0.25, 0.3) is 0 Å². The van der Waals surface area contributed by atoms with E-state index < -0.39 is 0 Å². The highest BCUT2D eigenvalue weighted by Crippen LogP contribution is 2.19. The molecule has 0 saturated heterocycles. The van der Waals surface area contributed by atoms with Crippen molar-refractivity contribution in [2.24, 2.45) is 0 Å². The molecule has 0 saturated carbocycles. The van der Waals surface area contributed by atoms with E-state index in [1.807, 2.05) is 29.8 Å². The van der Waals surface area contributed by atoms with E-state index in [-0.39, 0.29) is 0 Å². The smallest absolute Gasteiger partial charge is 0.105 e. The monoisotopic (exact) mass is 221 g/mol. The van der Waals surface area contributed by atoms with Crippen molar-refractivity contribution in [3.05, 3.63) is 47.0 Å². The quantitative estimate of drug-likeness (QED) is 0.792. The molecule has 0 fully saturated rings. The highest BCUT2D eigenvalue weighted by Gasteiger charge is 2.02. The molecule has 0 unspecified atom stereocenters. The lowest BCUT2D eigenvalue weighted by Gasteiger charge is -2.08. The van der Waals surface area contributed by atoms with Crippen molar-refractivity contribution in [2.45, 2.75) is 13.5 Å². The molecule has 0 amide bonds. The van der Waals surface area contributed by atoms with Gasteiger partial charge in [0.05, 0.1) is 6.54 Å². The number of imidazole rings is 1. The molecule has 0 aliphatic heterocycles. The number of hydrogen-bond donors (Lipinski definition) is 1. The summed E-state index contributed by atoms with van der Waals surface area (Å²) in [5, 5.41) is 0.665. The molecular formula is C11H12ClN3. The lowest BCUT2D eigenvalue weighted by molar-refractivity contribution is 0.763. The minimum atomic E-state index is 0.665.